The molecule has 0 bridgehead atoms. The Kier molecular flexibility index (Phi) is 6.11. The van der Waals surface area contributed by atoms with Gasteiger partial charge in [-0.1, -0.05) is 18.2 Å². The molecule has 2 aromatic carbocycles. The van der Waals surface area contributed by atoms with Crippen molar-refractivity contribution < 1.29 is 19.0 Å². The van der Waals surface area contributed by atoms with Crippen molar-refractivity contribution in [1.82, 2.24) is 14.3 Å². The molecule has 1 saturated heterocycles. The second-order valence-corrected chi connectivity index (χ2v) is 9.65. The molecule has 1 aromatic heterocycles. The van der Waals surface area contributed by atoms with Crippen LogP contribution in [0.2, 0.25) is 0 Å². The van der Waals surface area contributed by atoms with E-state index in [4.69, 9.17) is 4.74 Å². The lowest BCUT2D eigenvalue weighted by atomic mass is 9.80. The van der Waals surface area contributed by atoms with Crippen molar-refractivity contribution in [3.8, 4) is 5.75 Å². The zero-order chi connectivity index (χ0) is 23.8. The number of rotatable bonds is 5. The number of anilines is 1. The third-order valence-corrected chi connectivity index (χ3v) is 7.07. The number of benzene rings is 2. The van der Waals surface area contributed by atoms with Gasteiger partial charge in [0.2, 0.25) is 0 Å². The summed E-state index contributed by atoms with van der Waals surface area (Å²) in [5, 5.41) is 14.0. The van der Waals surface area contributed by atoms with Gasteiger partial charge in [0, 0.05) is 13.1 Å². The van der Waals surface area contributed by atoms with Crippen molar-refractivity contribution >= 4 is 23.3 Å². The van der Waals surface area contributed by atoms with Gasteiger partial charge in [-0.15, -0.1) is 0 Å². The van der Waals surface area contributed by atoms with Crippen LogP contribution in [0.5, 0.6) is 5.75 Å². The smallest absolute Gasteiger partial charge is 0.321 e. The number of aryl methyl sites for hydroxylation is 1. The molecule has 1 atom stereocenters. The summed E-state index contributed by atoms with van der Waals surface area (Å²) in [5.74, 6) is 0.207. The Labute approximate surface area is 196 Å². The van der Waals surface area contributed by atoms with Gasteiger partial charge in [-0.3, -0.25) is 0 Å². The van der Waals surface area contributed by atoms with Crippen molar-refractivity contribution in [2.45, 2.75) is 38.2 Å². The summed E-state index contributed by atoms with van der Waals surface area (Å²) in [6.07, 6.45) is 2.08. The highest BCUT2D eigenvalue weighted by Crippen LogP contribution is 2.42. The minimum atomic E-state index is -1.07. The molecule has 0 aliphatic carbocycles. The Balaban J connectivity index is 1.63. The average molecular weight is 471 g/mol. The predicted molar refractivity (Wildman–Crippen MR) is 125 cm³/mol. The fourth-order valence-electron chi connectivity index (χ4n) is 4.17. The Morgan fingerprint density at radius 2 is 2.09 bits per heavy atom. The summed E-state index contributed by atoms with van der Waals surface area (Å²) < 4.78 is 24.0. The number of aromatic nitrogens is 2. The van der Waals surface area contributed by atoms with Crippen molar-refractivity contribution in [1.29, 1.82) is 0 Å². The molecule has 4 rings (SSSR count). The van der Waals surface area contributed by atoms with E-state index >= 15 is 0 Å². The van der Waals surface area contributed by atoms with Gasteiger partial charge in [-0.05, 0) is 73.6 Å². The Hall–Kier alpha value is -3.04. The Morgan fingerprint density at radius 1 is 1.30 bits per heavy atom. The zero-order valence-electron chi connectivity index (χ0n) is 19.1. The van der Waals surface area contributed by atoms with Crippen LogP contribution in [0.1, 0.15) is 42.0 Å². The van der Waals surface area contributed by atoms with E-state index in [9.17, 15) is 14.3 Å². The summed E-state index contributed by atoms with van der Waals surface area (Å²) in [7, 11) is 1.52. The molecule has 174 valence electrons. The van der Waals surface area contributed by atoms with E-state index in [0.717, 1.165) is 10.6 Å². The van der Waals surface area contributed by atoms with Gasteiger partial charge in [0.15, 0.2) is 0 Å². The number of hydrogen-bond acceptors (Lipinski definition) is 6. The fourth-order valence-corrected chi connectivity index (χ4v) is 4.92. The standard InChI is InChI=1S/C24H27FN4O3S/c1-15-5-6-17(11-18(15)25)24(21-26-14-27-33-21)9-10-29(13-24)22(30)28-19-12-16(23(2,3)31)7-8-20(19)32-4/h5-8,11-12,14,31H,9-10,13H2,1-4H3,(H,28,30)/t24-/m1/s1. The number of nitrogens with one attached hydrogen (secondary N) is 1. The van der Waals surface area contributed by atoms with Crippen LogP contribution in [0.25, 0.3) is 0 Å². The fraction of sp³-hybridized carbons (Fsp3) is 0.375. The number of carbonyl (C=O) groups is 1. The molecule has 2 amide bonds. The van der Waals surface area contributed by atoms with Gasteiger partial charge >= 0.3 is 6.03 Å². The predicted octanol–water partition coefficient (Wildman–Crippen LogP) is 4.45. The van der Waals surface area contributed by atoms with Crippen molar-refractivity contribution in [3.63, 3.8) is 0 Å². The molecule has 0 spiro atoms. The molecule has 7 nitrogen and oxygen atoms in total. The van der Waals surface area contributed by atoms with Gasteiger partial charge < -0.3 is 20.1 Å². The maximum Gasteiger partial charge on any atom is 0.321 e. The molecule has 2 N–H and O–H groups in total. The second kappa shape index (κ2) is 8.72. The number of nitrogens with zero attached hydrogens (tertiary/aromatic N) is 3. The van der Waals surface area contributed by atoms with E-state index in [-0.39, 0.29) is 11.8 Å². The largest absolute Gasteiger partial charge is 0.495 e. The third-order valence-electron chi connectivity index (χ3n) is 6.20. The van der Waals surface area contributed by atoms with E-state index in [1.807, 2.05) is 6.07 Å². The lowest BCUT2D eigenvalue weighted by Crippen LogP contribution is -2.37. The first kappa shape index (κ1) is 23.1. The van der Waals surface area contributed by atoms with Gasteiger partial charge in [-0.25, -0.2) is 14.2 Å². The van der Waals surface area contributed by atoms with Crippen LogP contribution in [0.4, 0.5) is 14.9 Å². The van der Waals surface area contributed by atoms with Crippen LogP contribution in [-0.2, 0) is 11.0 Å². The molecule has 1 aliphatic rings. The molecule has 0 saturated carbocycles. The zero-order valence-corrected chi connectivity index (χ0v) is 19.9. The van der Waals surface area contributed by atoms with Gasteiger partial charge in [-0.2, -0.15) is 4.37 Å². The van der Waals surface area contributed by atoms with Gasteiger partial charge in [0.1, 0.15) is 22.9 Å². The minimum absolute atomic E-state index is 0.285. The van der Waals surface area contributed by atoms with Crippen LogP contribution in [0.15, 0.2) is 42.7 Å². The van der Waals surface area contributed by atoms with E-state index in [2.05, 4.69) is 14.7 Å². The van der Waals surface area contributed by atoms with E-state index in [1.165, 1.54) is 31.0 Å². The molecule has 2 heterocycles. The second-order valence-electron chi connectivity index (χ2n) is 8.87. The van der Waals surface area contributed by atoms with Crippen LogP contribution < -0.4 is 10.1 Å². The highest BCUT2D eigenvalue weighted by atomic mass is 32.1. The summed E-state index contributed by atoms with van der Waals surface area (Å²) in [6, 6.07) is 10.1. The molecule has 1 aliphatic heterocycles. The SMILES string of the molecule is COc1ccc(C(C)(C)O)cc1NC(=O)N1CC[C@@](c2ccc(C)c(F)c2)(c2ncns2)C1. The summed E-state index contributed by atoms with van der Waals surface area (Å²) >= 11 is 1.26. The minimum Gasteiger partial charge on any atom is -0.495 e. The van der Waals surface area contributed by atoms with Gasteiger partial charge in [0.25, 0.3) is 0 Å². The molecular weight excluding hydrogens is 443 g/mol. The van der Waals surface area contributed by atoms with Crippen LogP contribution in [0.3, 0.4) is 0 Å². The van der Waals surface area contributed by atoms with Crippen LogP contribution in [0, 0.1) is 12.7 Å². The maximum absolute atomic E-state index is 14.4. The van der Waals surface area contributed by atoms with E-state index in [0.29, 0.717) is 42.1 Å². The van der Waals surface area contributed by atoms with Crippen molar-refractivity contribution in [3.05, 3.63) is 70.2 Å². The first-order valence-corrected chi connectivity index (χ1v) is 11.4. The summed E-state index contributed by atoms with van der Waals surface area (Å²) in [5.41, 5.74) is 0.764. The normalized spacial score (nSPS) is 18.4. The number of methoxy groups -OCH3 is 1. The summed E-state index contributed by atoms with van der Waals surface area (Å²) in [4.78, 5) is 19.4. The number of urea groups is 1. The average Bonchev–Trinajstić information content (AvgIpc) is 3.46. The maximum atomic E-state index is 14.4. The topological polar surface area (TPSA) is 87.6 Å². The lowest BCUT2D eigenvalue weighted by molar-refractivity contribution is 0.0786. The van der Waals surface area contributed by atoms with Crippen molar-refractivity contribution in [2.75, 3.05) is 25.5 Å². The van der Waals surface area contributed by atoms with Crippen molar-refractivity contribution in [2.24, 2.45) is 0 Å². The number of halogens is 1. The molecule has 3 aromatic rings. The molecule has 1 fully saturated rings. The first-order valence-electron chi connectivity index (χ1n) is 10.6. The number of aliphatic hydroxyl groups is 1. The number of amides is 2. The number of ether oxygens (including phenoxy) is 1. The number of carbonyl (C=O) groups excluding carboxylic acids is 1. The molecule has 33 heavy (non-hydrogen) atoms. The monoisotopic (exact) mass is 470 g/mol. The first-order chi connectivity index (χ1) is 15.6. The number of likely N-dealkylation sites (tertiary alicyclic amines) is 1. The Morgan fingerprint density at radius 3 is 2.73 bits per heavy atom. The molecule has 0 unspecified atom stereocenters. The Bertz CT molecular complexity index is 1160. The van der Waals surface area contributed by atoms with E-state index < -0.39 is 11.0 Å². The van der Waals surface area contributed by atoms with E-state index in [1.54, 1.807) is 49.9 Å². The molecule has 0 radical (unpaired) electrons. The molecular formula is C24H27FN4O3S. The third kappa shape index (κ3) is 4.43. The summed E-state index contributed by atoms with van der Waals surface area (Å²) in [6.45, 7) is 5.88. The van der Waals surface area contributed by atoms with Crippen LogP contribution in [-0.4, -0.2) is 45.6 Å². The lowest BCUT2D eigenvalue weighted by Gasteiger charge is -2.28. The highest BCUT2D eigenvalue weighted by Gasteiger charge is 2.45. The number of hydrogen-bond donors (Lipinski definition) is 2. The van der Waals surface area contributed by atoms with Gasteiger partial charge in [0.05, 0.1) is 23.8 Å². The quantitative estimate of drug-likeness (QED) is 0.575. The molecule has 9 heteroatoms. The highest BCUT2D eigenvalue weighted by molar-refractivity contribution is 7.05. The van der Waals surface area contributed by atoms with Crippen LogP contribution >= 0.6 is 11.5 Å².